The average Bonchev–Trinajstić information content (AvgIpc) is 2.89. The highest BCUT2D eigenvalue weighted by Gasteiger charge is 2.28. The van der Waals surface area contributed by atoms with E-state index in [4.69, 9.17) is 5.11 Å². The summed E-state index contributed by atoms with van der Waals surface area (Å²) in [6, 6.07) is -0.480. The van der Waals surface area contributed by atoms with E-state index in [0.717, 1.165) is 6.54 Å². The number of piperazine rings is 1. The van der Waals surface area contributed by atoms with E-state index in [-0.39, 0.29) is 6.03 Å². The van der Waals surface area contributed by atoms with Gasteiger partial charge in [-0.15, -0.1) is 0 Å². The van der Waals surface area contributed by atoms with E-state index < -0.39 is 12.0 Å². The Kier molecular flexibility index (Phi) is 5.45. The number of urea groups is 1. The molecule has 2 amide bonds. The van der Waals surface area contributed by atoms with Crippen LogP contribution in [0.5, 0.6) is 0 Å². The fourth-order valence-corrected chi connectivity index (χ4v) is 3.32. The molecule has 6 heteroatoms. The van der Waals surface area contributed by atoms with Crippen molar-refractivity contribution in [1.29, 1.82) is 0 Å². The van der Waals surface area contributed by atoms with Crippen LogP contribution in [0.25, 0.3) is 0 Å². The van der Waals surface area contributed by atoms with Crippen LogP contribution in [0.4, 0.5) is 4.79 Å². The number of carboxylic acids is 1. The maximum absolute atomic E-state index is 12.2. The Morgan fingerprint density at radius 1 is 1.24 bits per heavy atom. The van der Waals surface area contributed by atoms with Gasteiger partial charge in [-0.2, -0.15) is 0 Å². The maximum atomic E-state index is 12.2. The summed E-state index contributed by atoms with van der Waals surface area (Å²) in [4.78, 5) is 26.8. The topological polar surface area (TPSA) is 72.9 Å². The minimum Gasteiger partial charge on any atom is -0.480 e. The van der Waals surface area contributed by atoms with Crippen LogP contribution < -0.4 is 5.32 Å². The molecule has 2 aliphatic rings. The normalized spacial score (nSPS) is 28.4. The summed E-state index contributed by atoms with van der Waals surface area (Å²) in [6.07, 6.45) is 3.76. The molecule has 1 saturated carbocycles. The number of nitrogens with one attached hydrogen (secondary N) is 1. The van der Waals surface area contributed by atoms with Gasteiger partial charge in [0.2, 0.25) is 0 Å². The van der Waals surface area contributed by atoms with Gasteiger partial charge in [-0.1, -0.05) is 19.8 Å². The van der Waals surface area contributed by atoms with E-state index in [9.17, 15) is 9.59 Å². The van der Waals surface area contributed by atoms with Crippen LogP contribution in [-0.4, -0.2) is 65.7 Å². The number of aliphatic carboxylic acids is 1. The Morgan fingerprint density at radius 3 is 2.43 bits per heavy atom. The van der Waals surface area contributed by atoms with Crippen LogP contribution in [0.3, 0.4) is 0 Å². The second-order valence-corrected chi connectivity index (χ2v) is 6.39. The first-order valence-electron chi connectivity index (χ1n) is 7.98. The molecule has 0 radical (unpaired) electrons. The SMILES string of the molecule is CC1CCCC1CNC(=O)N1CCN(C(C)C(=O)O)CC1. The molecule has 3 unspecified atom stereocenters. The molecule has 2 fully saturated rings. The van der Waals surface area contributed by atoms with Gasteiger partial charge in [0.15, 0.2) is 0 Å². The first-order valence-corrected chi connectivity index (χ1v) is 7.98. The molecular formula is C15H27N3O3. The Balaban J connectivity index is 1.71. The first-order chi connectivity index (χ1) is 9.99. The zero-order valence-corrected chi connectivity index (χ0v) is 13.0. The third-order valence-corrected chi connectivity index (χ3v) is 5.06. The van der Waals surface area contributed by atoms with Crippen LogP contribution in [0.2, 0.25) is 0 Å². The Labute approximate surface area is 126 Å². The molecule has 2 N–H and O–H groups in total. The number of hydrogen-bond acceptors (Lipinski definition) is 3. The lowest BCUT2D eigenvalue weighted by Gasteiger charge is -2.36. The highest BCUT2D eigenvalue weighted by atomic mass is 16.4. The van der Waals surface area contributed by atoms with Gasteiger partial charge < -0.3 is 15.3 Å². The largest absolute Gasteiger partial charge is 0.480 e. The van der Waals surface area contributed by atoms with Crippen molar-refractivity contribution in [1.82, 2.24) is 15.1 Å². The number of carbonyl (C=O) groups excluding carboxylic acids is 1. The molecule has 120 valence electrons. The van der Waals surface area contributed by atoms with Gasteiger partial charge in [0, 0.05) is 32.7 Å². The van der Waals surface area contributed by atoms with Crippen molar-refractivity contribution >= 4 is 12.0 Å². The summed E-state index contributed by atoms with van der Waals surface area (Å²) in [5.74, 6) is 0.518. The van der Waals surface area contributed by atoms with Crippen molar-refractivity contribution < 1.29 is 14.7 Å². The Bertz CT molecular complexity index is 380. The molecule has 0 aromatic heterocycles. The Hall–Kier alpha value is -1.30. The molecule has 0 aromatic carbocycles. The number of nitrogens with zero attached hydrogens (tertiary/aromatic N) is 2. The molecular weight excluding hydrogens is 270 g/mol. The summed E-state index contributed by atoms with van der Waals surface area (Å²) in [7, 11) is 0. The summed E-state index contributed by atoms with van der Waals surface area (Å²) >= 11 is 0. The third kappa shape index (κ3) is 4.09. The second-order valence-electron chi connectivity index (χ2n) is 6.39. The number of carbonyl (C=O) groups is 2. The number of hydrogen-bond donors (Lipinski definition) is 2. The smallest absolute Gasteiger partial charge is 0.320 e. The van der Waals surface area contributed by atoms with E-state index in [0.29, 0.717) is 38.0 Å². The van der Waals surface area contributed by atoms with E-state index >= 15 is 0 Å². The first kappa shape index (κ1) is 16.1. The maximum Gasteiger partial charge on any atom is 0.320 e. The molecule has 21 heavy (non-hydrogen) atoms. The van der Waals surface area contributed by atoms with E-state index in [1.165, 1.54) is 19.3 Å². The minimum absolute atomic E-state index is 0.00303. The number of carboxylic acid groups (broad SMARTS) is 1. The van der Waals surface area contributed by atoms with Gasteiger partial charge in [-0.05, 0) is 25.2 Å². The monoisotopic (exact) mass is 297 g/mol. The van der Waals surface area contributed by atoms with Gasteiger partial charge in [-0.3, -0.25) is 9.69 Å². The van der Waals surface area contributed by atoms with Crippen molar-refractivity contribution in [3.05, 3.63) is 0 Å². The lowest BCUT2D eigenvalue weighted by atomic mass is 9.98. The summed E-state index contributed by atoms with van der Waals surface area (Å²) in [5, 5.41) is 12.0. The fraction of sp³-hybridized carbons (Fsp3) is 0.867. The molecule has 0 bridgehead atoms. The van der Waals surface area contributed by atoms with E-state index in [2.05, 4.69) is 12.2 Å². The number of rotatable bonds is 4. The van der Waals surface area contributed by atoms with Crippen LogP contribution >= 0.6 is 0 Å². The molecule has 1 aliphatic heterocycles. The molecule has 3 atom stereocenters. The Morgan fingerprint density at radius 2 is 1.90 bits per heavy atom. The average molecular weight is 297 g/mol. The van der Waals surface area contributed by atoms with E-state index in [1.54, 1.807) is 11.8 Å². The van der Waals surface area contributed by atoms with Crippen molar-refractivity contribution in [2.45, 2.75) is 39.2 Å². The quantitative estimate of drug-likeness (QED) is 0.818. The van der Waals surface area contributed by atoms with E-state index in [1.807, 2.05) is 4.90 Å². The van der Waals surface area contributed by atoms with Gasteiger partial charge in [0.05, 0.1) is 0 Å². The summed E-state index contributed by atoms with van der Waals surface area (Å²) in [6.45, 7) is 7.18. The van der Waals surface area contributed by atoms with Crippen LogP contribution in [0.1, 0.15) is 33.1 Å². The lowest BCUT2D eigenvalue weighted by Crippen LogP contribution is -2.55. The van der Waals surface area contributed by atoms with Gasteiger partial charge >= 0.3 is 12.0 Å². The minimum atomic E-state index is -0.803. The van der Waals surface area contributed by atoms with Gasteiger partial charge in [0.1, 0.15) is 6.04 Å². The van der Waals surface area contributed by atoms with Crippen molar-refractivity contribution in [3.63, 3.8) is 0 Å². The molecule has 6 nitrogen and oxygen atoms in total. The predicted molar refractivity (Wildman–Crippen MR) is 80.1 cm³/mol. The van der Waals surface area contributed by atoms with Crippen molar-refractivity contribution in [2.24, 2.45) is 11.8 Å². The standard InChI is InChI=1S/C15H27N3O3/c1-11-4-3-5-13(11)10-16-15(21)18-8-6-17(7-9-18)12(2)14(19)20/h11-13H,3-10H2,1-2H3,(H,16,21)(H,19,20). The summed E-state index contributed by atoms with van der Waals surface area (Å²) in [5.41, 5.74) is 0. The van der Waals surface area contributed by atoms with Crippen molar-refractivity contribution in [2.75, 3.05) is 32.7 Å². The molecule has 1 heterocycles. The van der Waals surface area contributed by atoms with Crippen LogP contribution in [-0.2, 0) is 4.79 Å². The third-order valence-electron chi connectivity index (χ3n) is 5.06. The zero-order valence-electron chi connectivity index (χ0n) is 13.0. The highest BCUT2D eigenvalue weighted by molar-refractivity contribution is 5.75. The molecule has 0 aromatic rings. The molecule has 0 spiro atoms. The lowest BCUT2D eigenvalue weighted by molar-refractivity contribution is -0.143. The van der Waals surface area contributed by atoms with Crippen molar-refractivity contribution in [3.8, 4) is 0 Å². The molecule has 2 rings (SSSR count). The fourth-order valence-electron chi connectivity index (χ4n) is 3.32. The van der Waals surface area contributed by atoms with Crippen LogP contribution in [0.15, 0.2) is 0 Å². The summed E-state index contributed by atoms with van der Waals surface area (Å²) < 4.78 is 0. The van der Waals surface area contributed by atoms with Gasteiger partial charge in [-0.25, -0.2) is 4.79 Å². The second kappa shape index (κ2) is 7.11. The highest BCUT2D eigenvalue weighted by Crippen LogP contribution is 2.30. The molecule has 1 aliphatic carbocycles. The predicted octanol–water partition coefficient (Wildman–Crippen LogP) is 1.22. The zero-order chi connectivity index (χ0) is 15.4. The van der Waals surface area contributed by atoms with Crippen LogP contribution in [0, 0.1) is 11.8 Å². The molecule has 1 saturated heterocycles. The van der Waals surface area contributed by atoms with Gasteiger partial charge in [0.25, 0.3) is 0 Å². The number of amides is 2.